The highest BCUT2D eigenvalue weighted by Gasteiger charge is 2.31. The molecule has 0 aliphatic heterocycles. The van der Waals surface area contributed by atoms with E-state index in [4.69, 9.17) is 11.6 Å². The quantitative estimate of drug-likeness (QED) is 0.565. The normalized spacial score (nSPS) is 12.1. The highest BCUT2D eigenvalue weighted by atomic mass is 35.5. The van der Waals surface area contributed by atoms with Crippen LogP contribution in [0.2, 0.25) is 5.02 Å². The number of hydrogen-bond acceptors (Lipinski definition) is 2. The van der Waals surface area contributed by atoms with E-state index in [-0.39, 0.29) is 18.2 Å². The maximum Gasteiger partial charge on any atom is 0.223 e. The van der Waals surface area contributed by atoms with E-state index < -0.39 is 11.6 Å². The lowest BCUT2D eigenvalue weighted by Crippen LogP contribution is -2.45. The first kappa shape index (κ1) is 21.6. The number of carbonyl (C=O) groups excluding carboxylic acids is 2. The molecule has 0 fully saturated rings. The average molecular weight is 421 g/mol. The molecule has 0 aliphatic carbocycles. The predicted octanol–water partition coefficient (Wildman–Crippen LogP) is 4.99. The van der Waals surface area contributed by atoms with Gasteiger partial charge in [-0.05, 0) is 35.7 Å². The zero-order chi connectivity index (χ0) is 21.6. The Morgan fingerprint density at radius 3 is 1.83 bits per heavy atom. The Bertz CT molecular complexity index is 949. The van der Waals surface area contributed by atoms with Crippen LogP contribution in [0, 0.1) is 0 Å². The molecule has 4 nitrogen and oxygen atoms in total. The van der Waals surface area contributed by atoms with Crippen LogP contribution in [0.1, 0.15) is 43.0 Å². The third kappa shape index (κ3) is 5.28. The first-order chi connectivity index (χ1) is 14.4. The highest BCUT2D eigenvalue weighted by molar-refractivity contribution is 6.30. The molecule has 0 saturated carbocycles. The van der Waals surface area contributed by atoms with E-state index in [1.165, 1.54) is 6.92 Å². The zero-order valence-electron chi connectivity index (χ0n) is 17.1. The molecule has 1 unspecified atom stereocenters. The van der Waals surface area contributed by atoms with Crippen LogP contribution < -0.4 is 10.6 Å². The van der Waals surface area contributed by atoms with Crippen LogP contribution in [0.3, 0.4) is 0 Å². The van der Waals surface area contributed by atoms with Gasteiger partial charge < -0.3 is 10.6 Å². The highest BCUT2D eigenvalue weighted by Crippen LogP contribution is 2.30. The van der Waals surface area contributed by atoms with Crippen molar-refractivity contribution in [2.24, 2.45) is 0 Å². The van der Waals surface area contributed by atoms with E-state index in [0.29, 0.717) is 5.02 Å². The molecule has 0 spiro atoms. The van der Waals surface area contributed by atoms with E-state index >= 15 is 0 Å². The van der Waals surface area contributed by atoms with Crippen LogP contribution in [0.5, 0.6) is 0 Å². The summed E-state index contributed by atoms with van der Waals surface area (Å²) in [5.41, 5.74) is 2.07. The molecule has 0 aromatic heterocycles. The lowest BCUT2D eigenvalue weighted by atomic mass is 9.84. The van der Waals surface area contributed by atoms with Gasteiger partial charge in [0.05, 0.1) is 18.0 Å². The summed E-state index contributed by atoms with van der Waals surface area (Å²) in [5.74, 6) is -0.365. The first-order valence-electron chi connectivity index (χ1n) is 9.83. The van der Waals surface area contributed by atoms with Crippen LogP contribution in [-0.2, 0) is 15.1 Å². The van der Waals surface area contributed by atoms with Gasteiger partial charge in [-0.25, -0.2) is 0 Å². The third-order valence-electron chi connectivity index (χ3n) is 5.13. The Balaban J connectivity index is 1.87. The van der Waals surface area contributed by atoms with Crippen molar-refractivity contribution in [3.8, 4) is 0 Å². The minimum atomic E-state index is -0.708. The summed E-state index contributed by atoms with van der Waals surface area (Å²) in [7, 11) is 0. The van der Waals surface area contributed by atoms with Gasteiger partial charge in [0.15, 0.2) is 0 Å². The molecule has 2 amide bonds. The standard InChI is InChI=1S/C25H25ClN2O2/c1-18(29)27-23(19-13-15-22(26)16-14-19)17-24(30)28-25(2,20-9-5-3-6-10-20)21-11-7-4-8-12-21/h3-16,23H,17H2,1-2H3,(H,27,29)(H,28,30). The monoisotopic (exact) mass is 420 g/mol. The van der Waals surface area contributed by atoms with Crippen molar-refractivity contribution in [1.82, 2.24) is 10.6 Å². The number of nitrogens with one attached hydrogen (secondary N) is 2. The van der Waals surface area contributed by atoms with Gasteiger partial charge in [0.1, 0.15) is 0 Å². The SMILES string of the molecule is CC(=O)NC(CC(=O)NC(C)(c1ccccc1)c1ccccc1)c1ccc(Cl)cc1. The second-order valence-electron chi connectivity index (χ2n) is 7.41. The second-order valence-corrected chi connectivity index (χ2v) is 7.85. The largest absolute Gasteiger partial charge is 0.349 e. The van der Waals surface area contributed by atoms with Gasteiger partial charge in [0, 0.05) is 11.9 Å². The van der Waals surface area contributed by atoms with Crippen LogP contribution >= 0.6 is 11.6 Å². The summed E-state index contributed by atoms with van der Waals surface area (Å²) in [5, 5.41) is 6.67. The maximum absolute atomic E-state index is 13.1. The fourth-order valence-electron chi connectivity index (χ4n) is 3.56. The van der Waals surface area contributed by atoms with Crippen molar-refractivity contribution >= 4 is 23.4 Å². The molecule has 3 aromatic carbocycles. The number of hydrogen-bond donors (Lipinski definition) is 2. The summed E-state index contributed by atoms with van der Waals surface area (Å²) < 4.78 is 0. The molecule has 5 heteroatoms. The Labute approximate surface area is 182 Å². The minimum Gasteiger partial charge on any atom is -0.349 e. The van der Waals surface area contributed by atoms with Crippen LogP contribution in [-0.4, -0.2) is 11.8 Å². The van der Waals surface area contributed by atoms with Gasteiger partial charge in [-0.3, -0.25) is 9.59 Å². The molecular weight excluding hydrogens is 396 g/mol. The molecule has 0 aliphatic rings. The molecule has 154 valence electrons. The first-order valence-corrected chi connectivity index (χ1v) is 10.2. The number of rotatable bonds is 7. The van der Waals surface area contributed by atoms with E-state index in [1.807, 2.05) is 79.7 Å². The molecule has 1 atom stereocenters. The van der Waals surface area contributed by atoms with Crippen molar-refractivity contribution < 1.29 is 9.59 Å². The smallest absolute Gasteiger partial charge is 0.223 e. The van der Waals surface area contributed by atoms with Gasteiger partial charge in [-0.1, -0.05) is 84.4 Å². The summed E-state index contributed by atoms with van der Waals surface area (Å²) in [4.78, 5) is 24.9. The van der Waals surface area contributed by atoms with Crippen molar-refractivity contribution in [1.29, 1.82) is 0 Å². The fraction of sp³-hybridized carbons (Fsp3) is 0.200. The molecule has 3 rings (SSSR count). The molecule has 2 N–H and O–H groups in total. The fourth-order valence-corrected chi connectivity index (χ4v) is 3.69. The Hall–Kier alpha value is -3.11. The second kappa shape index (κ2) is 9.59. The summed E-state index contributed by atoms with van der Waals surface area (Å²) >= 11 is 5.98. The number of benzene rings is 3. The van der Waals surface area contributed by atoms with Crippen molar-refractivity contribution in [2.45, 2.75) is 31.8 Å². The maximum atomic E-state index is 13.1. The van der Waals surface area contributed by atoms with Gasteiger partial charge in [-0.2, -0.15) is 0 Å². The summed E-state index contributed by atoms with van der Waals surface area (Å²) in [6, 6.07) is 26.4. The lowest BCUT2D eigenvalue weighted by Gasteiger charge is -2.33. The van der Waals surface area contributed by atoms with E-state index in [1.54, 1.807) is 12.1 Å². The van der Waals surface area contributed by atoms with E-state index in [2.05, 4.69) is 10.6 Å². The van der Waals surface area contributed by atoms with E-state index in [0.717, 1.165) is 16.7 Å². The van der Waals surface area contributed by atoms with Crippen molar-refractivity contribution in [3.05, 3.63) is 107 Å². The number of halogens is 1. The van der Waals surface area contributed by atoms with E-state index in [9.17, 15) is 9.59 Å². The van der Waals surface area contributed by atoms with Gasteiger partial charge >= 0.3 is 0 Å². The molecular formula is C25H25ClN2O2. The van der Waals surface area contributed by atoms with Crippen LogP contribution in [0.15, 0.2) is 84.9 Å². The molecule has 0 saturated heterocycles. The van der Waals surface area contributed by atoms with Crippen LogP contribution in [0.25, 0.3) is 0 Å². The zero-order valence-corrected chi connectivity index (χ0v) is 17.8. The lowest BCUT2D eigenvalue weighted by molar-refractivity contribution is -0.124. The predicted molar refractivity (Wildman–Crippen MR) is 120 cm³/mol. The molecule has 0 radical (unpaired) electrons. The topological polar surface area (TPSA) is 58.2 Å². The van der Waals surface area contributed by atoms with Gasteiger partial charge in [0.25, 0.3) is 0 Å². The molecule has 30 heavy (non-hydrogen) atoms. The number of amides is 2. The summed E-state index contributed by atoms with van der Waals surface area (Å²) in [6.45, 7) is 3.43. The third-order valence-corrected chi connectivity index (χ3v) is 5.38. The van der Waals surface area contributed by atoms with Crippen molar-refractivity contribution in [2.75, 3.05) is 0 Å². The average Bonchev–Trinajstić information content (AvgIpc) is 2.74. The minimum absolute atomic E-state index is 0.108. The molecule has 3 aromatic rings. The molecule has 0 bridgehead atoms. The Morgan fingerprint density at radius 2 is 1.37 bits per heavy atom. The Morgan fingerprint density at radius 1 is 0.867 bits per heavy atom. The molecule has 0 heterocycles. The van der Waals surface area contributed by atoms with Crippen molar-refractivity contribution in [3.63, 3.8) is 0 Å². The Kier molecular flexibility index (Phi) is 6.91. The number of carbonyl (C=O) groups is 2. The van der Waals surface area contributed by atoms with Crippen LogP contribution in [0.4, 0.5) is 0 Å². The van der Waals surface area contributed by atoms with Gasteiger partial charge in [0.2, 0.25) is 11.8 Å². The summed E-state index contributed by atoms with van der Waals surface area (Å²) in [6.07, 6.45) is 0.108. The van der Waals surface area contributed by atoms with Gasteiger partial charge in [-0.15, -0.1) is 0 Å².